The zero-order valence-corrected chi connectivity index (χ0v) is 20.6. The fourth-order valence-corrected chi connectivity index (χ4v) is 2.71. The molecule has 0 amide bonds. The van der Waals surface area contributed by atoms with Crippen LogP contribution in [0.1, 0.15) is 64.5 Å². The monoisotopic (exact) mass is 460 g/mol. The summed E-state index contributed by atoms with van der Waals surface area (Å²) in [7, 11) is 0. The van der Waals surface area contributed by atoms with Crippen LogP contribution in [0.2, 0.25) is 5.02 Å². The lowest BCUT2D eigenvalue weighted by molar-refractivity contribution is 0.304. The molecule has 0 aliphatic heterocycles. The van der Waals surface area contributed by atoms with Crippen LogP contribution in [-0.2, 0) is 6.54 Å². The van der Waals surface area contributed by atoms with Crippen LogP contribution in [0.4, 0.5) is 0 Å². The molecule has 5 nitrogen and oxygen atoms in total. The number of benzene rings is 1. The van der Waals surface area contributed by atoms with Gasteiger partial charge in [0.15, 0.2) is 5.96 Å². The van der Waals surface area contributed by atoms with E-state index in [2.05, 4.69) is 42.3 Å². The van der Waals surface area contributed by atoms with E-state index in [1.165, 1.54) is 19.3 Å². The molecule has 0 unspecified atom stereocenters. The molecule has 0 spiro atoms. The smallest absolute Gasteiger partial charge is 0.188 e. The van der Waals surface area contributed by atoms with Gasteiger partial charge in [-0.3, -0.25) is 4.98 Å². The van der Waals surface area contributed by atoms with Crippen molar-refractivity contribution in [1.82, 2.24) is 10.3 Å². The van der Waals surface area contributed by atoms with Crippen LogP contribution < -0.4 is 15.8 Å². The van der Waals surface area contributed by atoms with Crippen molar-refractivity contribution < 1.29 is 4.74 Å². The van der Waals surface area contributed by atoms with Crippen molar-refractivity contribution in [3.63, 3.8) is 0 Å². The summed E-state index contributed by atoms with van der Waals surface area (Å²) in [4.78, 5) is 8.48. The molecule has 1 aromatic carbocycles. The summed E-state index contributed by atoms with van der Waals surface area (Å²) in [5.74, 6) is 1.33. The van der Waals surface area contributed by atoms with Crippen molar-refractivity contribution in [2.24, 2.45) is 10.7 Å². The van der Waals surface area contributed by atoms with Gasteiger partial charge in [0, 0.05) is 17.8 Å². The van der Waals surface area contributed by atoms with E-state index in [-0.39, 0.29) is 0 Å². The van der Waals surface area contributed by atoms with Crippen LogP contribution in [0.5, 0.6) is 5.75 Å². The van der Waals surface area contributed by atoms with Gasteiger partial charge in [0.25, 0.3) is 0 Å². The number of nitrogens with two attached hydrogens (primary N) is 1. The average molecular weight is 461 g/mol. The molecule has 0 saturated carbocycles. The number of unbranched alkanes of at least 4 members (excludes halogenated alkanes) is 5. The summed E-state index contributed by atoms with van der Waals surface area (Å²) < 4.78 is 5.66. The van der Waals surface area contributed by atoms with Crippen LogP contribution in [0.25, 0.3) is 0 Å². The molecule has 0 atom stereocenters. The molecule has 0 fully saturated rings. The highest BCUT2D eigenvalue weighted by atomic mass is 35.5. The molecule has 0 saturated heterocycles. The van der Waals surface area contributed by atoms with E-state index in [1.54, 1.807) is 6.20 Å². The van der Waals surface area contributed by atoms with Crippen molar-refractivity contribution in [3.05, 3.63) is 72.5 Å². The highest BCUT2D eigenvalue weighted by Gasteiger charge is 1.96. The van der Waals surface area contributed by atoms with E-state index in [4.69, 9.17) is 22.1 Å². The summed E-state index contributed by atoms with van der Waals surface area (Å²) in [5.41, 5.74) is 6.75. The van der Waals surface area contributed by atoms with E-state index < -0.39 is 0 Å². The third kappa shape index (κ3) is 17.2. The van der Waals surface area contributed by atoms with Crippen molar-refractivity contribution in [1.29, 1.82) is 0 Å². The Bertz CT molecular complexity index is 691. The Morgan fingerprint density at radius 3 is 2.28 bits per heavy atom. The van der Waals surface area contributed by atoms with Gasteiger partial charge < -0.3 is 15.8 Å². The Morgan fingerprint density at radius 1 is 1.00 bits per heavy atom. The number of rotatable bonds is 12. The third-order valence-electron chi connectivity index (χ3n) is 4.30. The molecule has 178 valence electrons. The zero-order valence-electron chi connectivity index (χ0n) is 19.9. The first-order valence-electron chi connectivity index (χ1n) is 11.5. The second-order valence-corrected chi connectivity index (χ2v) is 7.46. The number of halogens is 1. The third-order valence-corrected chi connectivity index (χ3v) is 4.56. The maximum Gasteiger partial charge on any atom is 0.188 e. The normalized spacial score (nSPS) is 10.3. The molecule has 2 aromatic rings. The molecule has 1 heterocycles. The SMILES string of the molecule is C=C.CCCCC.NC(=NCc1ccccn1)NCCCCCCOc1ccc(Cl)cc1. The first kappa shape index (κ1) is 29.5. The minimum absolute atomic E-state index is 0.469. The van der Waals surface area contributed by atoms with Gasteiger partial charge in [-0.25, -0.2) is 4.99 Å². The minimum atomic E-state index is 0.469. The second kappa shape index (κ2) is 21.7. The predicted molar refractivity (Wildman–Crippen MR) is 139 cm³/mol. The summed E-state index contributed by atoms with van der Waals surface area (Å²) in [6, 6.07) is 13.2. The Morgan fingerprint density at radius 2 is 1.69 bits per heavy atom. The quantitative estimate of drug-likeness (QED) is 0.158. The van der Waals surface area contributed by atoms with Gasteiger partial charge in [-0.2, -0.15) is 0 Å². The lowest BCUT2D eigenvalue weighted by Crippen LogP contribution is -2.32. The first-order chi connectivity index (χ1) is 15.7. The summed E-state index contributed by atoms with van der Waals surface area (Å²) >= 11 is 5.84. The molecule has 0 radical (unpaired) electrons. The molecule has 2 rings (SSSR count). The molecular formula is C26H41ClN4O. The zero-order chi connectivity index (χ0) is 23.9. The number of aliphatic imine (C=N–C) groups is 1. The number of guanidine groups is 1. The van der Waals surface area contributed by atoms with Crippen LogP contribution in [-0.4, -0.2) is 24.1 Å². The molecule has 1 aromatic heterocycles. The van der Waals surface area contributed by atoms with Crippen molar-refractivity contribution in [3.8, 4) is 5.75 Å². The maximum absolute atomic E-state index is 5.84. The standard InChI is InChI=1S/C19H25ClN4O.C5H12.C2H4/c20-16-8-10-18(11-9-16)25-14-6-2-1-4-13-23-19(21)24-15-17-7-3-5-12-22-17;1-3-5-4-2;1-2/h3,5,7-12H,1-2,4,6,13-15H2,(H3,21,23,24);3-5H2,1-2H3;1-2H2. The molecular weight excluding hydrogens is 420 g/mol. The maximum atomic E-state index is 5.84. The summed E-state index contributed by atoms with van der Waals surface area (Å²) in [5, 5.41) is 3.86. The van der Waals surface area contributed by atoms with E-state index in [0.29, 0.717) is 12.5 Å². The van der Waals surface area contributed by atoms with Gasteiger partial charge in [-0.05, 0) is 49.2 Å². The van der Waals surface area contributed by atoms with E-state index >= 15 is 0 Å². The number of nitrogens with zero attached hydrogens (tertiary/aromatic N) is 2. The second-order valence-electron chi connectivity index (χ2n) is 7.02. The largest absolute Gasteiger partial charge is 0.494 e. The number of ether oxygens (including phenoxy) is 1. The number of hydrogen-bond donors (Lipinski definition) is 2. The number of pyridine rings is 1. The molecule has 0 bridgehead atoms. The number of nitrogens with one attached hydrogen (secondary N) is 1. The number of hydrogen-bond acceptors (Lipinski definition) is 3. The summed E-state index contributed by atoms with van der Waals surface area (Å²) in [6.45, 7) is 12.5. The van der Waals surface area contributed by atoms with Gasteiger partial charge in [-0.1, -0.05) is 63.6 Å². The van der Waals surface area contributed by atoms with Crippen LogP contribution in [0, 0.1) is 0 Å². The number of aromatic nitrogens is 1. The van der Waals surface area contributed by atoms with E-state index in [9.17, 15) is 0 Å². The average Bonchev–Trinajstić information content (AvgIpc) is 2.83. The van der Waals surface area contributed by atoms with Gasteiger partial charge in [0.1, 0.15) is 5.75 Å². The van der Waals surface area contributed by atoms with Crippen LogP contribution in [0.3, 0.4) is 0 Å². The Kier molecular flexibility index (Phi) is 20.0. The van der Waals surface area contributed by atoms with Gasteiger partial charge >= 0.3 is 0 Å². The van der Waals surface area contributed by atoms with E-state index in [1.807, 2.05) is 42.5 Å². The molecule has 6 heteroatoms. The van der Waals surface area contributed by atoms with Gasteiger partial charge in [0.2, 0.25) is 0 Å². The fourth-order valence-electron chi connectivity index (χ4n) is 2.59. The Hall–Kier alpha value is -2.53. The highest BCUT2D eigenvalue weighted by Crippen LogP contribution is 2.15. The van der Waals surface area contributed by atoms with E-state index in [0.717, 1.165) is 55.3 Å². The topological polar surface area (TPSA) is 72.5 Å². The predicted octanol–water partition coefficient (Wildman–Crippen LogP) is 6.78. The Labute approximate surface area is 200 Å². The van der Waals surface area contributed by atoms with Gasteiger partial charge in [-0.15, -0.1) is 13.2 Å². The summed E-state index contributed by atoms with van der Waals surface area (Å²) in [6.07, 6.45) is 10.2. The molecule has 0 aliphatic carbocycles. The molecule has 3 N–H and O–H groups in total. The fraction of sp³-hybridized carbons (Fsp3) is 0.462. The highest BCUT2D eigenvalue weighted by molar-refractivity contribution is 6.30. The van der Waals surface area contributed by atoms with Crippen LogP contribution in [0.15, 0.2) is 66.8 Å². The van der Waals surface area contributed by atoms with Crippen molar-refractivity contribution in [2.45, 2.75) is 65.3 Å². The Balaban J connectivity index is 0.00000121. The van der Waals surface area contributed by atoms with Crippen molar-refractivity contribution >= 4 is 17.6 Å². The minimum Gasteiger partial charge on any atom is -0.494 e. The van der Waals surface area contributed by atoms with Crippen molar-refractivity contribution in [2.75, 3.05) is 13.2 Å². The lowest BCUT2D eigenvalue weighted by atomic mass is 10.2. The first-order valence-corrected chi connectivity index (χ1v) is 11.9. The molecule has 0 aliphatic rings. The van der Waals surface area contributed by atoms with Gasteiger partial charge in [0.05, 0.1) is 18.8 Å². The molecule has 32 heavy (non-hydrogen) atoms. The lowest BCUT2D eigenvalue weighted by Gasteiger charge is -2.07. The van der Waals surface area contributed by atoms with Crippen LogP contribution >= 0.6 is 11.6 Å².